The minimum Gasteiger partial charge on any atom is -0.450 e. The average molecular weight is 336 g/mol. The van der Waals surface area contributed by atoms with Crippen molar-refractivity contribution in [3.8, 4) is 6.07 Å². The van der Waals surface area contributed by atoms with Crippen molar-refractivity contribution in [3.63, 3.8) is 0 Å². The minimum atomic E-state index is -0.272. The summed E-state index contributed by atoms with van der Waals surface area (Å²) >= 11 is 1.35. The smallest absolute Gasteiger partial charge is 0.409 e. The lowest BCUT2D eigenvalue weighted by Crippen LogP contribution is -2.49. The van der Waals surface area contributed by atoms with Gasteiger partial charge in [0.05, 0.1) is 12.2 Å². The first-order valence-corrected chi connectivity index (χ1v) is 8.43. The SMILES string of the molecule is CCOC(=O)N1CCN(CCC(=O)Nc2sccc2C#N)CC1. The van der Waals surface area contributed by atoms with Gasteiger partial charge in [0.1, 0.15) is 11.1 Å². The fraction of sp³-hybridized carbons (Fsp3) is 0.533. The van der Waals surface area contributed by atoms with Crippen LogP contribution in [0, 0.1) is 11.3 Å². The highest BCUT2D eigenvalue weighted by Gasteiger charge is 2.22. The zero-order chi connectivity index (χ0) is 16.7. The molecule has 1 fully saturated rings. The maximum atomic E-state index is 12.0. The number of nitriles is 1. The summed E-state index contributed by atoms with van der Waals surface area (Å²) in [6.45, 7) is 5.50. The Morgan fingerprint density at radius 3 is 2.78 bits per heavy atom. The molecular formula is C15H20N4O3S. The van der Waals surface area contributed by atoms with Crippen LogP contribution in [0.1, 0.15) is 18.9 Å². The Bertz CT molecular complexity index is 588. The summed E-state index contributed by atoms with van der Waals surface area (Å²) in [7, 11) is 0. The molecule has 2 amide bonds. The molecule has 23 heavy (non-hydrogen) atoms. The molecule has 0 aromatic carbocycles. The maximum absolute atomic E-state index is 12.0. The summed E-state index contributed by atoms with van der Waals surface area (Å²) < 4.78 is 4.97. The van der Waals surface area contributed by atoms with Crippen LogP contribution in [0.15, 0.2) is 11.4 Å². The van der Waals surface area contributed by atoms with Crippen molar-refractivity contribution >= 4 is 28.3 Å². The lowest BCUT2D eigenvalue weighted by Gasteiger charge is -2.33. The van der Waals surface area contributed by atoms with Crippen molar-refractivity contribution in [2.75, 3.05) is 44.6 Å². The number of hydrogen-bond donors (Lipinski definition) is 1. The molecule has 0 saturated carbocycles. The van der Waals surface area contributed by atoms with Crippen LogP contribution in [0.2, 0.25) is 0 Å². The molecule has 0 radical (unpaired) electrons. The largest absolute Gasteiger partial charge is 0.450 e. The van der Waals surface area contributed by atoms with E-state index in [9.17, 15) is 9.59 Å². The molecule has 8 heteroatoms. The molecule has 124 valence electrons. The number of thiophene rings is 1. The van der Waals surface area contributed by atoms with Crippen LogP contribution in [0.25, 0.3) is 0 Å². The highest BCUT2D eigenvalue weighted by atomic mass is 32.1. The van der Waals surface area contributed by atoms with E-state index < -0.39 is 0 Å². The second kappa shape index (κ2) is 8.50. The molecule has 2 rings (SSSR count). The second-order valence-corrected chi connectivity index (χ2v) is 6.02. The van der Waals surface area contributed by atoms with Gasteiger partial charge in [-0.25, -0.2) is 4.79 Å². The number of anilines is 1. The molecule has 7 nitrogen and oxygen atoms in total. The molecule has 1 aliphatic heterocycles. The summed E-state index contributed by atoms with van der Waals surface area (Å²) in [6, 6.07) is 3.74. The number of carbonyl (C=O) groups excluding carboxylic acids is 2. The first-order valence-electron chi connectivity index (χ1n) is 7.55. The molecule has 0 bridgehead atoms. The predicted molar refractivity (Wildman–Crippen MR) is 87.3 cm³/mol. The van der Waals surface area contributed by atoms with Gasteiger partial charge in [-0.15, -0.1) is 11.3 Å². The summed E-state index contributed by atoms with van der Waals surface area (Å²) in [5, 5.41) is 14.1. The Morgan fingerprint density at radius 2 is 2.13 bits per heavy atom. The van der Waals surface area contributed by atoms with Gasteiger partial charge in [-0.3, -0.25) is 9.69 Å². The number of piperazine rings is 1. The summed E-state index contributed by atoms with van der Waals surface area (Å²) in [5.41, 5.74) is 0.492. The average Bonchev–Trinajstić information content (AvgIpc) is 3.00. The van der Waals surface area contributed by atoms with E-state index in [0.29, 0.717) is 43.2 Å². The normalized spacial score (nSPS) is 15.0. The molecule has 0 atom stereocenters. The van der Waals surface area contributed by atoms with E-state index in [1.165, 1.54) is 11.3 Å². The quantitative estimate of drug-likeness (QED) is 0.885. The van der Waals surface area contributed by atoms with Crippen molar-refractivity contribution in [1.82, 2.24) is 9.80 Å². The number of nitrogens with one attached hydrogen (secondary N) is 1. The van der Waals surface area contributed by atoms with Gasteiger partial charge >= 0.3 is 6.09 Å². The minimum absolute atomic E-state index is 0.100. The first-order chi connectivity index (χ1) is 11.1. The number of hydrogen-bond acceptors (Lipinski definition) is 6. The number of ether oxygens (including phenoxy) is 1. The summed E-state index contributed by atoms with van der Waals surface area (Å²) in [4.78, 5) is 27.4. The molecule has 2 heterocycles. The zero-order valence-electron chi connectivity index (χ0n) is 13.1. The number of rotatable bonds is 5. The first kappa shape index (κ1) is 17.2. The van der Waals surface area contributed by atoms with Gasteiger partial charge in [0.2, 0.25) is 5.91 Å². The molecule has 1 aromatic heterocycles. The fourth-order valence-electron chi connectivity index (χ4n) is 2.31. The lowest BCUT2D eigenvalue weighted by atomic mass is 10.3. The van der Waals surface area contributed by atoms with E-state index in [1.807, 2.05) is 6.07 Å². The van der Waals surface area contributed by atoms with Crippen LogP contribution in [-0.2, 0) is 9.53 Å². The van der Waals surface area contributed by atoms with Crippen molar-refractivity contribution in [2.45, 2.75) is 13.3 Å². The summed E-state index contributed by atoms with van der Waals surface area (Å²) in [6.07, 6.45) is 0.0916. The molecule has 0 aliphatic carbocycles. The molecule has 1 aliphatic rings. The number of amides is 2. The van der Waals surface area contributed by atoms with E-state index in [4.69, 9.17) is 10.00 Å². The van der Waals surface area contributed by atoms with E-state index in [0.717, 1.165) is 13.1 Å². The van der Waals surface area contributed by atoms with E-state index in [2.05, 4.69) is 10.2 Å². The van der Waals surface area contributed by atoms with Gasteiger partial charge in [-0.1, -0.05) is 0 Å². The van der Waals surface area contributed by atoms with Crippen LogP contribution in [0.4, 0.5) is 9.80 Å². The van der Waals surface area contributed by atoms with Gasteiger partial charge in [0.25, 0.3) is 0 Å². The zero-order valence-corrected chi connectivity index (χ0v) is 13.9. The van der Waals surface area contributed by atoms with Gasteiger partial charge < -0.3 is 15.0 Å². The Labute approximate surface area is 139 Å². The van der Waals surface area contributed by atoms with Gasteiger partial charge in [-0.2, -0.15) is 5.26 Å². The molecule has 0 spiro atoms. The Hall–Kier alpha value is -2.11. The van der Waals surface area contributed by atoms with Crippen LogP contribution in [0.3, 0.4) is 0 Å². The Balaban J connectivity index is 1.70. The van der Waals surface area contributed by atoms with Gasteiger partial charge in [0.15, 0.2) is 0 Å². The highest BCUT2D eigenvalue weighted by Crippen LogP contribution is 2.22. The number of nitrogens with zero attached hydrogens (tertiary/aromatic N) is 3. The van der Waals surface area contributed by atoms with E-state index >= 15 is 0 Å². The van der Waals surface area contributed by atoms with Crippen molar-refractivity contribution < 1.29 is 14.3 Å². The van der Waals surface area contributed by atoms with Crippen LogP contribution >= 0.6 is 11.3 Å². The van der Waals surface area contributed by atoms with Crippen molar-refractivity contribution in [3.05, 3.63) is 17.0 Å². The van der Waals surface area contributed by atoms with Gasteiger partial charge in [0, 0.05) is 39.1 Å². The molecule has 1 N–H and O–H groups in total. The Kier molecular flexibility index (Phi) is 6.38. The van der Waals surface area contributed by atoms with Crippen LogP contribution in [0.5, 0.6) is 0 Å². The molecule has 1 saturated heterocycles. The fourth-order valence-corrected chi connectivity index (χ4v) is 3.07. The van der Waals surface area contributed by atoms with Crippen molar-refractivity contribution in [2.24, 2.45) is 0 Å². The molecule has 1 aromatic rings. The predicted octanol–water partition coefficient (Wildman–Crippen LogP) is 1.72. The third-order valence-electron chi connectivity index (χ3n) is 3.59. The van der Waals surface area contributed by atoms with Crippen molar-refractivity contribution in [1.29, 1.82) is 5.26 Å². The highest BCUT2D eigenvalue weighted by molar-refractivity contribution is 7.14. The molecular weight excluding hydrogens is 316 g/mol. The topological polar surface area (TPSA) is 85.7 Å². The summed E-state index contributed by atoms with van der Waals surface area (Å²) in [5.74, 6) is -0.100. The Morgan fingerprint density at radius 1 is 1.39 bits per heavy atom. The van der Waals surface area contributed by atoms with E-state index in [-0.39, 0.29) is 12.0 Å². The third-order valence-corrected chi connectivity index (χ3v) is 4.42. The van der Waals surface area contributed by atoms with E-state index in [1.54, 1.807) is 23.3 Å². The van der Waals surface area contributed by atoms with Crippen LogP contribution in [-0.4, -0.2) is 61.1 Å². The monoisotopic (exact) mass is 336 g/mol. The lowest BCUT2D eigenvalue weighted by molar-refractivity contribution is -0.116. The second-order valence-electron chi connectivity index (χ2n) is 5.10. The maximum Gasteiger partial charge on any atom is 0.409 e. The standard InChI is InChI=1S/C15H20N4O3S/c1-2-22-15(21)19-8-6-18(7-9-19)5-3-13(20)17-14-12(11-16)4-10-23-14/h4,10H,2-3,5-9H2,1H3,(H,17,20). The molecule has 0 unspecified atom stereocenters. The third kappa shape index (κ3) is 4.94. The van der Waals surface area contributed by atoms with Gasteiger partial charge in [-0.05, 0) is 18.4 Å². The number of carbonyl (C=O) groups is 2. The van der Waals surface area contributed by atoms with Crippen LogP contribution < -0.4 is 5.32 Å².